The lowest BCUT2D eigenvalue weighted by molar-refractivity contribution is -0.103. The Hall–Kier alpha value is 0. The van der Waals surface area contributed by atoms with Crippen LogP contribution in [0.2, 0.25) is 0 Å². The van der Waals surface area contributed by atoms with Crippen LogP contribution >= 0.6 is 0 Å². The van der Waals surface area contributed by atoms with Gasteiger partial charge < -0.3 is 0 Å². The van der Waals surface area contributed by atoms with Crippen molar-refractivity contribution in [2.24, 2.45) is 22.7 Å². The van der Waals surface area contributed by atoms with Gasteiger partial charge in [-0.25, -0.2) is 0 Å². The summed E-state index contributed by atoms with van der Waals surface area (Å²) in [4.78, 5) is 0. The fourth-order valence-electron chi connectivity index (χ4n) is 5.34. The molecule has 0 saturated heterocycles. The molecule has 0 nitrogen and oxygen atoms in total. The van der Waals surface area contributed by atoms with Crippen LogP contribution in [0.4, 0.5) is 0 Å². The minimum Gasteiger partial charge on any atom is -0.0649 e. The molecule has 0 spiro atoms. The Balaban J connectivity index is 1.95. The van der Waals surface area contributed by atoms with Crippen molar-refractivity contribution in [1.82, 2.24) is 0 Å². The Bertz CT molecular complexity index is 214. The zero-order valence-electron chi connectivity index (χ0n) is 9.10. The highest BCUT2D eigenvalue weighted by Crippen LogP contribution is 2.65. The first-order valence-corrected chi connectivity index (χ1v) is 6.13. The van der Waals surface area contributed by atoms with Gasteiger partial charge in [-0.15, -0.1) is 0 Å². The number of rotatable bonds is 1. The van der Waals surface area contributed by atoms with Crippen molar-refractivity contribution in [1.29, 1.82) is 0 Å². The molecule has 0 N–H and O–H groups in total. The molecule has 0 heteroatoms. The van der Waals surface area contributed by atoms with E-state index < -0.39 is 0 Å². The highest BCUT2D eigenvalue weighted by Gasteiger charge is 2.54. The Morgan fingerprint density at radius 3 is 2.15 bits per heavy atom. The normalized spacial score (nSPS) is 58.6. The van der Waals surface area contributed by atoms with E-state index in [1.54, 1.807) is 38.5 Å². The van der Waals surface area contributed by atoms with Crippen molar-refractivity contribution in [3.05, 3.63) is 0 Å². The third kappa shape index (κ3) is 1.10. The van der Waals surface area contributed by atoms with E-state index in [1.807, 2.05) is 0 Å². The van der Waals surface area contributed by atoms with Gasteiger partial charge in [0.05, 0.1) is 0 Å². The van der Waals surface area contributed by atoms with E-state index in [0.717, 1.165) is 22.7 Å². The van der Waals surface area contributed by atoms with E-state index in [0.29, 0.717) is 0 Å². The minimum absolute atomic E-state index is 0.764. The second-order valence-electron chi connectivity index (χ2n) is 6.63. The van der Waals surface area contributed by atoms with Gasteiger partial charge in [-0.3, -0.25) is 0 Å². The average Bonchev–Trinajstić information content (AvgIpc) is 1.99. The van der Waals surface area contributed by atoms with Crippen LogP contribution in [0.1, 0.15) is 58.8 Å². The van der Waals surface area contributed by atoms with Crippen molar-refractivity contribution in [2.45, 2.75) is 58.8 Å². The molecule has 13 heavy (non-hydrogen) atoms. The monoisotopic (exact) mass is 178 g/mol. The predicted molar refractivity (Wildman–Crippen MR) is 55.5 cm³/mol. The Morgan fingerprint density at radius 1 is 1.08 bits per heavy atom. The maximum Gasteiger partial charge on any atom is -0.0290 e. The molecule has 4 saturated carbocycles. The molecule has 4 aliphatic rings. The summed E-state index contributed by atoms with van der Waals surface area (Å²) in [6.45, 7) is 4.99. The van der Waals surface area contributed by atoms with Crippen LogP contribution in [0.15, 0.2) is 0 Å². The summed E-state index contributed by atoms with van der Waals surface area (Å²) in [5.74, 6) is 2.23. The van der Waals surface area contributed by atoms with Crippen molar-refractivity contribution < 1.29 is 0 Å². The molecule has 0 aromatic carbocycles. The summed E-state index contributed by atoms with van der Waals surface area (Å²) in [5, 5.41) is 0. The molecule has 0 unspecified atom stereocenters. The molecule has 0 aromatic heterocycles. The summed E-state index contributed by atoms with van der Waals surface area (Å²) in [6.07, 6.45) is 10.9. The third-order valence-electron chi connectivity index (χ3n) is 5.22. The first-order chi connectivity index (χ1) is 6.13. The summed E-state index contributed by atoms with van der Waals surface area (Å²) >= 11 is 0. The Kier molecular flexibility index (Phi) is 1.49. The van der Waals surface area contributed by atoms with E-state index in [-0.39, 0.29) is 0 Å². The molecule has 0 radical (unpaired) electrons. The van der Waals surface area contributed by atoms with Gasteiger partial charge in [-0.2, -0.15) is 0 Å². The Morgan fingerprint density at radius 2 is 1.69 bits per heavy atom. The highest BCUT2D eigenvalue weighted by atomic mass is 14.6. The van der Waals surface area contributed by atoms with Gasteiger partial charge in [-0.1, -0.05) is 20.3 Å². The van der Waals surface area contributed by atoms with Crippen LogP contribution in [0.25, 0.3) is 0 Å². The van der Waals surface area contributed by atoms with Gasteiger partial charge in [-0.05, 0) is 61.2 Å². The van der Waals surface area contributed by atoms with Crippen molar-refractivity contribution in [3.8, 4) is 0 Å². The molecule has 4 rings (SSSR count). The van der Waals surface area contributed by atoms with Gasteiger partial charge in [0, 0.05) is 0 Å². The fourth-order valence-corrected chi connectivity index (χ4v) is 5.34. The van der Waals surface area contributed by atoms with Crippen molar-refractivity contribution in [2.75, 3.05) is 0 Å². The van der Waals surface area contributed by atoms with E-state index in [2.05, 4.69) is 13.8 Å². The maximum atomic E-state index is 2.56. The summed E-state index contributed by atoms with van der Waals surface area (Å²) < 4.78 is 0. The molecular formula is C13H22. The molecule has 0 aromatic rings. The van der Waals surface area contributed by atoms with Gasteiger partial charge in [0.2, 0.25) is 0 Å². The van der Waals surface area contributed by atoms with Crippen LogP contribution < -0.4 is 0 Å². The van der Waals surface area contributed by atoms with Gasteiger partial charge >= 0.3 is 0 Å². The summed E-state index contributed by atoms with van der Waals surface area (Å²) in [7, 11) is 0. The molecule has 0 aliphatic heterocycles. The van der Waals surface area contributed by atoms with E-state index in [4.69, 9.17) is 0 Å². The summed E-state index contributed by atoms with van der Waals surface area (Å²) in [5.41, 5.74) is 1.57. The minimum atomic E-state index is 0.764. The highest BCUT2D eigenvalue weighted by molar-refractivity contribution is 5.05. The number of hydrogen-bond acceptors (Lipinski definition) is 0. The lowest BCUT2D eigenvalue weighted by Crippen LogP contribution is -2.50. The van der Waals surface area contributed by atoms with Crippen molar-refractivity contribution in [3.63, 3.8) is 0 Å². The van der Waals surface area contributed by atoms with Gasteiger partial charge in [0.15, 0.2) is 0 Å². The van der Waals surface area contributed by atoms with Crippen LogP contribution in [0, 0.1) is 22.7 Å². The van der Waals surface area contributed by atoms with Crippen LogP contribution in [-0.2, 0) is 0 Å². The van der Waals surface area contributed by atoms with Gasteiger partial charge in [0.25, 0.3) is 0 Å². The quantitative estimate of drug-likeness (QED) is 0.569. The molecule has 4 aliphatic carbocycles. The zero-order chi connectivity index (χ0) is 9.10. The first-order valence-electron chi connectivity index (χ1n) is 6.13. The Labute approximate surface area is 82.1 Å². The summed E-state index contributed by atoms with van der Waals surface area (Å²) in [6, 6.07) is 0. The van der Waals surface area contributed by atoms with Crippen LogP contribution in [0.3, 0.4) is 0 Å². The average molecular weight is 178 g/mol. The molecule has 0 amide bonds. The lowest BCUT2D eigenvalue weighted by Gasteiger charge is -2.61. The van der Waals surface area contributed by atoms with Gasteiger partial charge in [0.1, 0.15) is 0 Å². The maximum absolute atomic E-state index is 2.56. The SMILES string of the molecule is CCC12C[C@H]3C[C@@H](CC(C)(C3)C1)C2. The van der Waals surface area contributed by atoms with Crippen molar-refractivity contribution >= 4 is 0 Å². The fraction of sp³-hybridized carbons (Fsp3) is 1.00. The first kappa shape index (κ1) is 8.32. The van der Waals surface area contributed by atoms with E-state index in [1.165, 1.54) is 6.42 Å². The molecule has 4 fully saturated rings. The number of hydrogen-bond donors (Lipinski definition) is 0. The second kappa shape index (κ2) is 2.32. The molecule has 2 atom stereocenters. The predicted octanol–water partition coefficient (Wildman–Crippen LogP) is 4.00. The van der Waals surface area contributed by atoms with Crippen LogP contribution in [0.5, 0.6) is 0 Å². The molecular weight excluding hydrogens is 156 g/mol. The van der Waals surface area contributed by atoms with Crippen LogP contribution in [-0.4, -0.2) is 0 Å². The molecule has 74 valence electrons. The molecule has 4 bridgehead atoms. The molecule has 0 heterocycles. The largest absolute Gasteiger partial charge is 0.0649 e. The standard InChI is InChI=1S/C13H22/c1-3-13-7-10-4-11(8-13)6-12(2,5-10)9-13/h10-11H,3-9H2,1-2H3/t10-,11-,12?,13?/m0/s1. The second-order valence-corrected chi connectivity index (χ2v) is 6.63. The smallest absolute Gasteiger partial charge is 0.0290 e. The zero-order valence-corrected chi connectivity index (χ0v) is 9.10. The van der Waals surface area contributed by atoms with E-state index >= 15 is 0 Å². The lowest BCUT2D eigenvalue weighted by atomic mass is 9.44. The topological polar surface area (TPSA) is 0 Å². The van der Waals surface area contributed by atoms with E-state index in [9.17, 15) is 0 Å². The third-order valence-corrected chi connectivity index (χ3v) is 5.22.